The maximum atomic E-state index is 11.9. The number of nitrogens with zero attached hydrogens (tertiary/aromatic N) is 1. The molecule has 1 unspecified atom stereocenters. The summed E-state index contributed by atoms with van der Waals surface area (Å²) in [6, 6.07) is 13.9. The molecular weight excluding hydrogens is 370 g/mol. The minimum atomic E-state index is -0.903. The van der Waals surface area contributed by atoms with Crippen molar-refractivity contribution < 1.29 is 24.2 Å². The van der Waals surface area contributed by atoms with Gasteiger partial charge in [0.2, 0.25) is 5.91 Å². The third kappa shape index (κ3) is 5.73. The number of benzene rings is 2. The fourth-order valence-corrected chi connectivity index (χ4v) is 3.38. The van der Waals surface area contributed by atoms with Crippen molar-refractivity contribution in [3.8, 4) is 11.5 Å². The van der Waals surface area contributed by atoms with Crippen LogP contribution in [-0.4, -0.2) is 48.2 Å². The van der Waals surface area contributed by atoms with Gasteiger partial charge in [-0.2, -0.15) is 0 Å². The van der Waals surface area contributed by atoms with Crippen LogP contribution in [-0.2, 0) is 16.0 Å². The van der Waals surface area contributed by atoms with Gasteiger partial charge in [0.1, 0.15) is 24.7 Å². The van der Waals surface area contributed by atoms with Crippen molar-refractivity contribution in [3.63, 3.8) is 0 Å². The minimum absolute atomic E-state index is 0.0894. The number of aliphatic carboxylic acids is 1. The van der Waals surface area contributed by atoms with E-state index >= 15 is 0 Å². The van der Waals surface area contributed by atoms with E-state index in [0.717, 1.165) is 28.2 Å². The van der Waals surface area contributed by atoms with E-state index in [2.05, 4.69) is 6.07 Å². The van der Waals surface area contributed by atoms with Gasteiger partial charge in [0.15, 0.2) is 0 Å². The molecule has 1 fully saturated rings. The molecule has 6 heteroatoms. The molecule has 0 aromatic heterocycles. The van der Waals surface area contributed by atoms with E-state index in [1.807, 2.05) is 50.2 Å². The summed E-state index contributed by atoms with van der Waals surface area (Å²) in [4.78, 5) is 24.6. The molecule has 1 saturated heterocycles. The summed E-state index contributed by atoms with van der Waals surface area (Å²) in [5.41, 5.74) is 3.30. The van der Waals surface area contributed by atoms with Gasteiger partial charge in [-0.3, -0.25) is 9.59 Å². The zero-order valence-corrected chi connectivity index (χ0v) is 16.9. The number of hydrogen-bond acceptors (Lipinski definition) is 4. The summed E-state index contributed by atoms with van der Waals surface area (Å²) in [7, 11) is 0. The molecule has 1 aliphatic rings. The number of hydrogen-bond donors (Lipinski definition) is 1. The molecule has 0 spiro atoms. The Morgan fingerprint density at radius 3 is 2.69 bits per heavy atom. The second-order valence-electron chi connectivity index (χ2n) is 7.44. The molecule has 154 valence electrons. The van der Waals surface area contributed by atoms with Crippen LogP contribution in [0.5, 0.6) is 11.5 Å². The first-order valence-electron chi connectivity index (χ1n) is 9.85. The topological polar surface area (TPSA) is 76.1 Å². The molecule has 3 rings (SSSR count). The van der Waals surface area contributed by atoms with E-state index < -0.39 is 11.9 Å². The molecule has 0 bridgehead atoms. The van der Waals surface area contributed by atoms with Crippen LogP contribution in [0.1, 0.15) is 23.1 Å². The first kappa shape index (κ1) is 20.7. The van der Waals surface area contributed by atoms with Gasteiger partial charge in [0, 0.05) is 19.5 Å². The Labute approximate surface area is 171 Å². The summed E-state index contributed by atoms with van der Waals surface area (Å²) in [6.07, 6.45) is 0.757. The van der Waals surface area contributed by atoms with Crippen molar-refractivity contribution in [3.05, 3.63) is 59.2 Å². The minimum Gasteiger partial charge on any atom is -0.490 e. The molecule has 2 aromatic carbocycles. The van der Waals surface area contributed by atoms with Crippen LogP contribution in [0, 0.1) is 19.8 Å². The Morgan fingerprint density at radius 1 is 1.14 bits per heavy atom. The van der Waals surface area contributed by atoms with Gasteiger partial charge in [-0.25, -0.2) is 0 Å². The third-order valence-electron chi connectivity index (χ3n) is 5.09. The number of carbonyl (C=O) groups excluding carboxylic acids is 1. The highest BCUT2D eigenvalue weighted by Crippen LogP contribution is 2.21. The first-order chi connectivity index (χ1) is 13.9. The summed E-state index contributed by atoms with van der Waals surface area (Å²) in [6.45, 7) is 5.74. The van der Waals surface area contributed by atoms with Crippen LogP contribution in [0.3, 0.4) is 0 Å². The zero-order valence-electron chi connectivity index (χ0n) is 16.9. The van der Waals surface area contributed by atoms with Crippen molar-refractivity contribution in [2.24, 2.45) is 5.92 Å². The lowest BCUT2D eigenvalue weighted by Gasteiger charge is -2.16. The predicted octanol–water partition coefficient (Wildman–Crippen LogP) is 3.24. The smallest absolute Gasteiger partial charge is 0.308 e. The highest BCUT2D eigenvalue weighted by atomic mass is 16.5. The van der Waals surface area contributed by atoms with Crippen LogP contribution < -0.4 is 9.47 Å². The molecule has 2 aromatic rings. The first-order valence-corrected chi connectivity index (χ1v) is 9.85. The summed E-state index contributed by atoms with van der Waals surface area (Å²) >= 11 is 0. The standard InChI is InChI=1S/C23H27NO5/c1-16-6-7-17(2)21(12-16)29-11-10-28-20-5-3-4-18(13-20)8-9-24-15-19(23(26)27)14-22(24)25/h3-7,12-13,19H,8-11,14-15H2,1-2H3,(H,26,27). The Balaban J connectivity index is 1.45. The number of amides is 1. The van der Waals surface area contributed by atoms with Crippen molar-refractivity contribution >= 4 is 11.9 Å². The normalized spacial score (nSPS) is 16.1. The number of carboxylic acids is 1. The molecule has 0 saturated carbocycles. The second-order valence-corrected chi connectivity index (χ2v) is 7.44. The Hall–Kier alpha value is -3.02. The molecule has 0 aliphatic carbocycles. The van der Waals surface area contributed by atoms with Gasteiger partial charge in [0.25, 0.3) is 0 Å². The third-order valence-corrected chi connectivity index (χ3v) is 5.09. The van der Waals surface area contributed by atoms with Crippen LogP contribution in [0.4, 0.5) is 0 Å². The molecule has 0 radical (unpaired) electrons. The van der Waals surface area contributed by atoms with Crippen molar-refractivity contribution in [2.75, 3.05) is 26.3 Å². The lowest BCUT2D eigenvalue weighted by atomic mass is 10.1. The average molecular weight is 397 g/mol. The Morgan fingerprint density at radius 2 is 1.93 bits per heavy atom. The zero-order chi connectivity index (χ0) is 20.8. The van der Waals surface area contributed by atoms with Gasteiger partial charge in [-0.05, 0) is 55.2 Å². The molecule has 1 N–H and O–H groups in total. The van der Waals surface area contributed by atoms with Crippen LogP contribution >= 0.6 is 0 Å². The fourth-order valence-electron chi connectivity index (χ4n) is 3.38. The van der Waals surface area contributed by atoms with Crippen LogP contribution in [0.25, 0.3) is 0 Å². The number of aryl methyl sites for hydroxylation is 2. The highest BCUT2D eigenvalue weighted by molar-refractivity contribution is 5.86. The molecule has 1 atom stereocenters. The van der Waals surface area contributed by atoms with Crippen LogP contribution in [0.2, 0.25) is 0 Å². The molecule has 1 aliphatic heterocycles. The summed E-state index contributed by atoms with van der Waals surface area (Å²) in [5, 5.41) is 9.07. The largest absolute Gasteiger partial charge is 0.490 e. The van der Waals surface area contributed by atoms with Crippen LogP contribution in [0.15, 0.2) is 42.5 Å². The lowest BCUT2D eigenvalue weighted by molar-refractivity contribution is -0.141. The second kappa shape index (κ2) is 9.45. The fraction of sp³-hybridized carbons (Fsp3) is 0.391. The maximum absolute atomic E-state index is 11.9. The number of ether oxygens (including phenoxy) is 2. The number of likely N-dealkylation sites (tertiary alicyclic amines) is 1. The molecule has 1 amide bonds. The number of carbonyl (C=O) groups is 2. The molecule has 6 nitrogen and oxygen atoms in total. The lowest BCUT2D eigenvalue weighted by Crippen LogP contribution is -2.28. The Kier molecular flexibility index (Phi) is 6.75. The maximum Gasteiger partial charge on any atom is 0.308 e. The van der Waals surface area contributed by atoms with Gasteiger partial charge < -0.3 is 19.5 Å². The summed E-state index contributed by atoms with van der Waals surface area (Å²) in [5.74, 6) is 0.0439. The van der Waals surface area contributed by atoms with Crippen molar-refractivity contribution in [2.45, 2.75) is 26.7 Å². The van der Waals surface area contributed by atoms with E-state index in [1.165, 1.54) is 0 Å². The van der Waals surface area contributed by atoms with Crippen molar-refractivity contribution in [1.82, 2.24) is 4.90 Å². The average Bonchev–Trinajstić information content (AvgIpc) is 3.07. The van der Waals surface area contributed by atoms with E-state index in [0.29, 0.717) is 32.7 Å². The van der Waals surface area contributed by atoms with E-state index in [4.69, 9.17) is 14.6 Å². The SMILES string of the molecule is Cc1ccc(C)c(OCCOc2cccc(CCN3CC(C(=O)O)CC3=O)c2)c1. The van der Waals surface area contributed by atoms with E-state index in [1.54, 1.807) is 4.90 Å². The van der Waals surface area contributed by atoms with Crippen molar-refractivity contribution in [1.29, 1.82) is 0 Å². The van der Waals surface area contributed by atoms with Gasteiger partial charge in [-0.15, -0.1) is 0 Å². The van der Waals surface area contributed by atoms with E-state index in [9.17, 15) is 9.59 Å². The van der Waals surface area contributed by atoms with Gasteiger partial charge in [-0.1, -0.05) is 24.3 Å². The summed E-state index contributed by atoms with van der Waals surface area (Å²) < 4.78 is 11.6. The number of rotatable bonds is 9. The van der Waals surface area contributed by atoms with E-state index in [-0.39, 0.29) is 12.3 Å². The monoisotopic (exact) mass is 397 g/mol. The van der Waals surface area contributed by atoms with Gasteiger partial charge in [0.05, 0.1) is 5.92 Å². The molecule has 1 heterocycles. The quantitative estimate of drug-likeness (QED) is 0.658. The molecule has 29 heavy (non-hydrogen) atoms. The Bertz CT molecular complexity index is 879. The predicted molar refractivity (Wildman–Crippen MR) is 109 cm³/mol. The molecular formula is C23H27NO5. The number of carboxylic acid groups (broad SMARTS) is 1. The van der Waals surface area contributed by atoms with Gasteiger partial charge >= 0.3 is 5.97 Å². The highest BCUT2D eigenvalue weighted by Gasteiger charge is 2.33.